The Bertz CT molecular complexity index is 1720. The van der Waals surface area contributed by atoms with Crippen LogP contribution in [0.2, 0.25) is 0 Å². The second kappa shape index (κ2) is 14.2. The average molecular weight is 620 g/mol. The third-order valence-electron chi connectivity index (χ3n) is 7.01. The van der Waals surface area contributed by atoms with E-state index in [0.29, 0.717) is 30.2 Å². The fourth-order valence-electron chi connectivity index (χ4n) is 4.46. The summed E-state index contributed by atoms with van der Waals surface area (Å²) < 4.78 is 5.60. The molecule has 0 spiro atoms. The number of anilines is 2. The molecule has 16 heteroatoms. The highest BCUT2D eigenvalue weighted by Gasteiger charge is 2.46. The molecule has 0 aliphatic carbocycles. The molecule has 236 valence electrons. The van der Waals surface area contributed by atoms with Crippen molar-refractivity contribution in [3.63, 3.8) is 0 Å². The highest BCUT2D eigenvalue weighted by Crippen LogP contribution is 2.20. The predicted octanol–water partition coefficient (Wildman–Crippen LogP) is 0.449. The van der Waals surface area contributed by atoms with Crippen molar-refractivity contribution in [2.75, 3.05) is 17.7 Å². The molecule has 4 rings (SSSR count). The van der Waals surface area contributed by atoms with Crippen LogP contribution < -0.4 is 38.1 Å². The van der Waals surface area contributed by atoms with Gasteiger partial charge in [-0.25, -0.2) is 14.8 Å². The van der Waals surface area contributed by atoms with E-state index in [-0.39, 0.29) is 42.1 Å². The van der Waals surface area contributed by atoms with Crippen LogP contribution in [-0.4, -0.2) is 72.2 Å². The first-order valence-electron chi connectivity index (χ1n) is 13.8. The fourth-order valence-corrected chi connectivity index (χ4v) is 4.46. The number of amides is 1. The number of carboxylic acids is 2. The number of fused-ring (bicyclic) bond motifs is 1. The Morgan fingerprint density at radius 3 is 2.40 bits per heavy atom. The maximum Gasteiger partial charge on any atom is 0.327 e. The van der Waals surface area contributed by atoms with E-state index in [1.54, 1.807) is 24.3 Å². The molecular formula is C29H33N9O7. The van der Waals surface area contributed by atoms with Gasteiger partial charge in [0.25, 0.3) is 11.5 Å². The molecule has 0 aliphatic heterocycles. The minimum Gasteiger partial charge on any atom is -0.494 e. The average Bonchev–Trinajstić information content (AvgIpc) is 3.02. The summed E-state index contributed by atoms with van der Waals surface area (Å²) in [5, 5.41) is 25.1. The van der Waals surface area contributed by atoms with Crippen LogP contribution in [0.4, 0.5) is 11.6 Å². The van der Waals surface area contributed by atoms with Gasteiger partial charge in [0.05, 0.1) is 31.1 Å². The number of nitrogens with one attached hydrogen (secondary N) is 3. The smallest absolute Gasteiger partial charge is 0.327 e. The SMILES string of the molecule is Nc1nc2ncc(CNc3ccc(C(=O)N[C@H](C(=O)O)C(N)C(N)(CCCCOc4ccccc4)C(=O)O)cc3)nc2c(=O)[nH]1. The van der Waals surface area contributed by atoms with Crippen molar-refractivity contribution in [1.29, 1.82) is 0 Å². The van der Waals surface area contributed by atoms with Gasteiger partial charge in [-0.15, -0.1) is 0 Å². The van der Waals surface area contributed by atoms with Crippen LogP contribution >= 0.6 is 0 Å². The molecule has 2 aromatic heterocycles. The van der Waals surface area contributed by atoms with E-state index in [1.807, 2.05) is 18.2 Å². The molecule has 16 nitrogen and oxygen atoms in total. The number of unbranched alkanes of at least 4 members (excludes halogenated alkanes) is 1. The van der Waals surface area contributed by atoms with E-state index in [1.165, 1.54) is 18.3 Å². The number of hydrogen-bond donors (Lipinski definition) is 8. The van der Waals surface area contributed by atoms with Crippen molar-refractivity contribution in [3.05, 3.63) is 82.4 Å². The standard InChI is InChI=1S/C29H33N9O7/c30-22(29(32,27(43)44)12-4-5-13-45-19-6-2-1-3-7-19)20(26(41)42)36-24(39)16-8-10-17(11-9-16)33-14-18-15-34-23-21(35-18)25(40)38-28(31)37-23/h1-3,6-11,15,20,22,33H,4-5,12-14,30,32H2,(H,36,39)(H,41,42)(H,43,44)(H3,31,34,37,38,40)/t20-,22?,29?/m0/s1. The summed E-state index contributed by atoms with van der Waals surface area (Å²) in [4.78, 5) is 63.9. The number of carbonyl (C=O) groups is 3. The Morgan fingerprint density at radius 1 is 1.02 bits per heavy atom. The van der Waals surface area contributed by atoms with Crippen LogP contribution in [-0.2, 0) is 16.1 Å². The minimum absolute atomic E-state index is 0.0307. The second-order valence-corrected chi connectivity index (χ2v) is 10.2. The van der Waals surface area contributed by atoms with Gasteiger partial charge in [-0.05, 0) is 55.7 Å². The van der Waals surface area contributed by atoms with Crippen molar-refractivity contribution in [2.24, 2.45) is 11.5 Å². The second-order valence-electron chi connectivity index (χ2n) is 10.2. The molecule has 0 saturated heterocycles. The number of para-hydroxylation sites is 1. The molecule has 0 bridgehead atoms. The lowest BCUT2D eigenvalue weighted by atomic mass is 9.82. The lowest BCUT2D eigenvalue weighted by Gasteiger charge is -2.35. The molecule has 0 saturated carbocycles. The van der Waals surface area contributed by atoms with E-state index in [0.717, 1.165) is 0 Å². The Kier molecular flexibility index (Phi) is 10.2. The van der Waals surface area contributed by atoms with Gasteiger partial charge in [0.15, 0.2) is 11.2 Å². The highest BCUT2D eigenvalue weighted by atomic mass is 16.5. The minimum atomic E-state index is -2.14. The lowest BCUT2D eigenvalue weighted by Crippen LogP contribution is -2.69. The van der Waals surface area contributed by atoms with Gasteiger partial charge < -0.3 is 42.8 Å². The molecule has 0 fully saturated rings. The normalized spacial score (nSPS) is 13.7. The van der Waals surface area contributed by atoms with Crippen LogP contribution in [0, 0.1) is 0 Å². The quantitative estimate of drug-likeness (QED) is 0.0839. The van der Waals surface area contributed by atoms with Crippen molar-refractivity contribution < 1.29 is 29.3 Å². The first-order chi connectivity index (χ1) is 21.5. The van der Waals surface area contributed by atoms with Crippen molar-refractivity contribution in [2.45, 2.75) is 43.4 Å². The van der Waals surface area contributed by atoms with Crippen molar-refractivity contribution >= 4 is 40.6 Å². The van der Waals surface area contributed by atoms with Crippen LogP contribution in [0.1, 0.15) is 35.3 Å². The summed E-state index contributed by atoms with van der Waals surface area (Å²) in [6, 6.07) is 11.6. The summed E-state index contributed by atoms with van der Waals surface area (Å²) in [7, 11) is 0. The number of nitrogens with zero attached hydrogens (tertiary/aromatic N) is 3. The number of benzene rings is 2. The molecular weight excluding hydrogens is 586 g/mol. The van der Waals surface area contributed by atoms with E-state index < -0.39 is 41.0 Å². The molecule has 3 atom stereocenters. The van der Waals surface area contributed by atoms with Gasteiger partial charge in [-0.3, -0.25) is 19.4 Å². The lowest BCUT2D eigenvalue weighted by molar-refractivity contribution is -0.147. The van der Waals surface area contributed by atoms with E-state index in [4.69, 9.17) is 21.9 Å². The number of carbonyl (C=O) groups excluding carboxylic acids is 1. The number of aliphatic carboxylic acids is 2. The number of H-pyrrole nitrogens is 1. The topological polar surface area (TPSA) is 275 Å². The van der Waals surface area contributed by atoms with E-state index >= 15 is 0 Å². The Balaban J connectivity index is 1.34. The number of nitrogens with two attached hydrogens (primary N) is 3. The third-order valence-corrected chi connectivity index (χ3v) is 7.01. The maximum atomic E-state index is 12.9. The van der Waals surface area contributed by atoms with Gasteiger partial charge in [-0.2, -0.15) is 4.98 Å². The summed E-state index contributed by atoms with van der Waals surface area (Å²) in [6.45, 7) is 0.474. The Hall–Kier alpha value is -5.61. The van der Waals surface area contributed by atoms with E-state index in [9.17, 15) is 29.4 Å². The molecule has 11 N–H and O–H groups in total. The van der Waals surface area contributed by atoms with Crippen LogP contribution in [0.15, 0.2) is 65.6 Å². The third kappa shape index (κ3) is 8.07. The molecule has 2 unspecified atom stereocenters. The zero-order valence-electron chi connectivity index (χ0n) is 24.0. The number of aromatic nitrogens is 4. The first kappa shape index (κ1) is 32.3. The summed E-state index contributed by atoms with van der Waals surface area (Å²) >= 11 is 0. The zero-order valence-corrected chi connectivity index (χ0v) is 24.0. The van der Waals surface area contributed by atoms with E-state index in [2.05, 4.69) is 30.6 Å². The number of ether oxygens (including phenoxy) is 1. The van der Waals surface area contributed by atoms with Gasteiger partial charge in [0, 0.05) is 11.3 Å². The summed E-state index contributed by atoms with van der Waals surface area (Å²) in [6.07, 6.45) is 2.01. The number of hydrogen-bond acceptors (Lipinski definition) is 12. The largest absolute Gasteiger partial charge is 0.494 e. The number of rotatable bonds is 15. The molecule has 0 radical (unpaired) electrons. The van der Waals surface area contributed by atoms with Gasteiger partial charge in [0.1, 0.15) is 17.3 Å². The molecule has 2 aromatic carbocycles. The Morgan fingerprint density at radius 2 is 1.73 bits per heavy atom. The van der Waals surface area contributed by atoms with Gasteiger partial charge >= 0.3 is 11.9 Å². The number of aromatic amines is 1. The predicted molar refractivity (Wildman–Crippen MR) is 163 cm³/mol. The fraction of sp³-hybridized carbons (Fsp3) is 0.276. The molecule has 2 heterocycles. The number of carboxylic acid groups (broad SMARTS) is 2. The summed E-state index contributed by atoms with van der Waals surface area (Å²) in [5.74, 6) is -3.23. The van der Waals surface area contributed by atoms with Crippen molar-refractivity contribution in [1.82, 2.24) is 25.3 Å². The molecule has 0 aliphatic rings. The number of nitrogen functional groups attached to an aromatic ring is 1. The van der Waals surface area contributed by atoms with Crippen LogP contribution in [0.5, 0.6) is 5.75 Å². The van der Waals surface area contributed by atoms with Crippen LogP contribution in [0.3, 0.4) is 0 Å². The van der Waals surface area contributed by atoms with Gasteiger partial charge in [-0.1, -0.05) is 18.2 Å². The van der Waals surface area contributed by atoms with Crippen LogP contribution in [0.25, 0.3) is 11.2 Å². The van der Waals surface area contributed by atoms with Gasteiger partial charge in [0.2, 0.25) is 5.95 Å². The monoisotopic (exact) mass is 619 g/mol. The van der Waals surface area contributed by atoms with Crippen molar-refractivity contribution in [3.8, 4) is 5.75 Å². The maximum absolute atomic E-state index is 12.9. The molecule has 1 amide bonds. The highest BCUT2D eigenvalue weighted by molar-refractivity contribution is 5.97. The zero-order chi connectivity index (χ0) is 32.6. The first-order valence-corrected chi connectivity index (χ1v) is 13.8. The molecule has 4 aromatic rings. The summed E-state index contributed by atoms with van der Waals surface area (Å²) in [5.41, 5.74) is 16.4. The molecule has 45 heavy (non-hydrogen) atoms. The Labute approximate surface area is 256 Å².